The van der Waals surface area contributed by atoms with E-state index in [4.69, 9.17) is 27.6 Å². The van der Waals surface area contributed by atoms with Gasteiger partial charge in [0.25, 0.3) is 5.91 Å². The van der Waals surface area contributed by atoms with Crippen LogP contribution in [0, 0.1) is 5.82 Å². The third-order valence-corrected chi connectivity index (χ3v) is 4.43. The van der Waals surface area contributed by atoms with Crippen LogP contribution < -0.4 is 5.32 Å². The highest BCUT2D eigenvalue weighted by Gasteiger charge is 2.15. The molecule has 23 heavy (non-hydrogen) atoms. The fraction of sp³-hybridized carbons (Fsp3) is 0.0667. The molecule has 2 heterocycles. The average molecular weight is 371 g/mol. The van der Waals surface area contributed by atoms with E-state index >= 15 is 0 Å². The zero-order valence-corrected chi connectivity index (χ0v) is 13.8. The highest BCUT2D eigenvalue weighted by molar-refractivity contribution is 7.13. The first-order valence-electron chi connectivity index (χ1n) is 6.45. The quantitative estimate of drug-likeness (QED) is 0.672. The van der Waals surface area contributed by atoms with Gasteiger partial charge in [-0.05, 0) is 23.6 Å². The summed E-state index contributed by atoms with van der Waals surface area (Å²) in [6.45, 7) is 0.133. The summed E-state index contributed by atoms with van der Waals surface area (Å²) in [6, 6.07) is 5.97. The number of aromatic nitrogens is 1. The van der Waals surface area contributed by atoms with Gasteiger partial charge in [-0.3, -0.25) is 4.79 Å². The number of rotatable bonds is 4. The summed E-state index contributed by atoms with van der Waals surface area (Å²) in [5, 5.41) is 4.47. The van der Waals surface area contributed by atoms with Gasteiger partial charge in [-0.1, -0.05) is 29.3 Å². The number of oxazole rings is 1. The second kappa shape index (κ2) is 6.70. The summed E-state index contributed by atoms with van der Waals surface area (Å²) in [5.41, 5.74) is 0.558. The predicted octanol–water partition coefficient (Wildman–Crippen LogP) is 4.78. The Morgan fingerprint density at radius 2 is 2.17 bits per heavy atom. The first-order chi connectivity index (χ1) is 11.0. The molecule has 0 radical (unpaired) electrons. The molecule has 3 rings (SSSR count). The maximum absolute atomic E-state index is 13.4. The maximum atomic E-state index is 13.4. The molecule has 0 aliphatic heterocycles. The summed E-state index contributed by atoms with van der Waals surface area (Å²) in [5.74, 6) is -0.742. The summed E-state index contributed by atoms with van der Waals surface area (Å²) in [7, 11) is 0. The van der Waals surface area contributed by atoms with Gasteiger partial charge in [0.1, 0.15) is 12.1 Å². The van der Waals surface area contributed by atoms with Crippen molar-refractivity contribution in [2.45, 2.75) is 6.54 Å². The van der Waals surface area contributed by atoms with E-state index in [1.165, 1.54) is 23.7 Å². The largest absolute Gasteiger partial charge is 0.443 e. The van der Waals surface area contributed by atoms with Gasteiger partial charge in [0.15, 0.2) is 0 Å². The van der Waals surface area contributed by atoms with Crippen LogP contribution in [0.2, 0.25) is 10.0 Å². The van der Waals surface area contributed by atoms with Gasteiger partial charge in [-0.2, -0.15) is 0 Å². The van der Waals surface area contributed by atoms with Crippen LogP contribution >= 0.6 is 34.5 Å². The third kappa shape index (κ3) is 3.55. The van der Waals surface area contributed by atoms with Gasteiger partial charge >= 0.3 is 0 Å². The molecule has 0 fully saturated rings. The van der Waals surface area contributed by atoms with E-state index < -0.39 is 11.7 Å². The number of carbonyl (C=O) groups is 1. The normalized spacial score (nSPS) is 10.7. The lowest BCUT2D eigenvalue weighted by molar-refractivity contribution is 0.0950. The molecule has 0 spiro atoms. The van der Waals surface area contributed by atoms with E-state index in [-0.39, 0.29) is 22.2 Å². The molecule has 0 saturated carbocycles. The smallest absolute Gasteiger partial charge is 0.253 e. The van der Waals surface area contributed by atoms with Crippen molar-refractivity contribution < 1.29 is 13.6 Å². The van der Waals surface area contributed by atoms with E-state index in [2.05, 4.69) is 10.3 Å². The summed E-state index contributed by atoms with van der Waals surface area (Å²) < 4.78 is 18.8. The molecule has 118 valence electrons. The first kappa shape index (κ1) is 16.0. The number of amides is 1. The molecule has 2 aromatic heterocycles. The second-order valence-corrected chi connectivity index (χ2v) is 6.31. The number of nitrogens with one attached hydrogen (secondary N) is 1. The fourth-order valence-electron chi connectivity index (χ4n) is 1.86. The molecule has 0 unspecified atom stereocenters. The Kier molecular flexibility index (Phi) is 4.66. The molecule has 0 atom stereocenters. The lowest BCUT2D eigenvalue weighted by atomic mass is 10.2. The Bertz CT molecular complexity index is 849. The molecular formula is C15H9Cl2FN2O2S. The molecule has 0 saturated heterocycles. The Labute approximate surface area is 144 Å². The van der Waals surface area contributed by atoms with Crippen molar-refractivity contribution in [1.29, 1.82) is 0 Å². The zero-order chi connectivity index (χ0) is 16.4. The summed E-state index contributed by atoms with van der Waals surface area (Å²) in [4.78, 5) is 17.2. The lowest BCUT2D eigenvalue weighted by Gasteiger charge is -2.06. The minimum Gasteiger partial charge on any atom is -0.443 e. The van der Waals surface area contributed by atoms with Crippen molar-refractivity contribution in [2.24, 2.45) is 0 Å². The molecular weight excluding hydrogens is 362 g/mol. The van der Waals surface area contributed by atoms with Crippen molar-refractivity contribution in [1.82, 2.24) is 10.3 Å². The highest BCUT2D eigenvalue weighted by atomic mass is 35.5. The van der Waals surface area contributed by atoms with Crippen LogP contribution in [0.15, 0.2) is 40.3 Å². The average Bonchev–Trinajstić information content (AvgIpc) is 3.19. The third-order valence-electron chi connectivity index (χ3n) is 2.97. The Hall–Kier alpha value is -1.89. The van der Waals surface area contributed by atoms with Crippen LogP contribution in [0.25, 0.3) is 10.8 Å². The van der Waals surface area contributed by atoms with E-state index in [1.54, 1.807) is 0 Å². The second-order valence-electron chi connectivity index (χ2n) is 4.55. The molecule has 1 aromatic carbocycles. The Morgan fingerprint density at radius 3 is 2.91 bits per heavy atom. The molecule has 3 aromatic rings. The number of carbonyl (C=O) groups excluding carboxylic acids is 1. The van der Waals surface area contributed by atoms with Crippen molar-refractivity contribution in [3.05, 3.63) is 63.0 Å². The van der Waals surface area contributed by atoms with Crippen LogP contribution in [0.1, 0.15) is 16.1 Å². The van der Waals surface area contributed by atoms with Crippen molar-refractivity contribution >= 4 is 40.4 Å². The highest BCUT2D eigenvalue weighted by Crippen LogP contribution is 2.25. The number of halogens is 3. The lowest BCUT2D eigenvalue weighted by Crippen LogP contribution is -2.23. The van der Waals surface area contributed by atoms with Crippen LogP contribution in [-0.2, 0) is 6.54 Å². The number of thiophene rings is 1. The van der Waals surface area contributed by atoms with E-state index in [1.807, 2.05) is 17.5 Å². The van der Waals surface area contributed by atoms with Gasteiger partial charge in [-0.25, -0.2) is 9.37 Å². The van der Waals surface area contributed by atoms with E-state index in [0.717, 1.165) is 10.9 Å². The number of benzene rings is 1. The minimum absolute atomic E-state index is 0.00976. The van der Waals surface area contributed by atoms with Crippen LogP contribution in [0.5, 0.6) is 0 Å². The Balaban J connectivity index is 1.69. The topological polar surface area (TPSA) is 55.1 Å². The Morgan fingerprint density at radius 1 is 1.35 bits per heavy atom. The van der Waals surface area contributed by atoms with E-state index in [0.29, 0.717) is 11.6 Å². The summed E-state index contributed by atoms with van der Waals surface area (Å²) >= 11 is 13.0. The summed E-state index contributed by atoms with van der Waals surface area (Å²) in [6.07, 6.45) is 1.46. The SMILES string of the molecule is O=C(NCc1coc(-c2cccs2)n1)c1cc(F)c(Cl)cc1Cl. The van der Waals surface area contributed by atoms with Gasteiger partial charge in [0, 0.05) is 0 Å². The number of hydrogen-bond acceptors (Lipinski definition) is 4. The van der Waals surface area contributed by atoms with Crippen LogP contribution in [-0.4, -0.2) is 10.9 Å². The minimum atomic E-state index is -0.706. The standard InChI is InChI=1S/C15H9Cl2FN2O2S/c16-10-5-11(17)12(18)4-9(10)14(21)19-6-8-7-22-15(20-8)13-2-1-3-23-13/h1-5,7H,6H2,(H,19,21). The number of hydrogen-bond donors (Lipinski definition) is 1. The van der Waals surface area contributed by atoms with Gasteiger partial charge in [-0.15, -0.1) is 11.3 Å². The molecule has 1 N–H and O–H groups in total. The van der Waals surface area contributed by atoms with Crippen molar-refractivity contribution in [2.75, 3.05) is 0 Å². The number of nitrogens with zero attached hydrogens (tertiary/aromatic N) is 1. The van der Waals surface area contributed by atoms with E-state index in [9.17, 15) is 9.18 Å². The molecule has 0 bridgehead atoms. The molecule has 0 aliphatic carbocycles. The molecule has 4 nitrogen and oxygen atoms in total. The molecule has 1 amide bonds. The van der Waals surface area contributed by atoms with Gasteiger partial charge in [0.05, 0.1) is 32.7 Å². The first-order valence-corrected chi connectivity index (χ1v) is 8.09. The van der Waals surface area contributed by atoms with Gasteiger partial charge in [0.2, 0.25) is 5.89 Å². The fourth-order valence-corrected chi connectivity index (χ4v) is 2.99. The van der Waals surface area contributed by atoms with Crippen molar-refractivity contribution in [3.8, 4) is 10.8 Å². The van der Waals surface area contributed by atoms with Crippen LogP contribution in [0.4, 0.5) is 4.39 Å². The predicted molar refractivity (Wildman–Crippen MR) is 87.4 cm³/mol. The van der Waals surface area contributed by atoms with Gasteiger partial charge < -0.3 is 9.73 Å². The molecule has 0 aliphatic rings. The molecule has 8 heteroatoms. The maximum Gasteiger partial charge on any atom is 0.253 e. The van der Waals surface area contributed by atoms with Crippen molar-refractivity contribution in [3.63, 3.8) is 0 Å². The van der Waals surface area contributed by atoms with Crippen LogP contribution in [0.3, 0.4) is 0 Å². The monoisotopic (exact) mass is 370 g/mol. The zero-order valence-electron chi connectivity index (χ0n) is 11.5.